The predicted molar refractivity (Wildman–Crippen MR) is 99.0 cm³/mol. The predicted octanol–water partition coefficient (Wildman–Crippen LogP) is 3.13. The molecule has 0 amide bonds. The van der Waals surface area contributed by atoms with E-state index in [1.54, 1.807) is 29.9 Å². The van der Waals surface area contributed by atoms with Crippen molar-refractivity contribution in [3.8, 4) is 22.1 Å². The number of thiazole rings is 1. The van der Waals surface area contributed by atoms with Gasteiger partial charge in [-0.25, -0.2) is 9.97 Å². The molecule has 0 fully saturated rings. The molecule has 0 radical (unpaired) electrons. The van der Waals surface area contributed by atoms with E-state index in [1.165, 1.54) is 0 Å². The van der Waals surface area contributed by atoms with Crippen LogP contribution in [-0.2, 0) is 0 Å². The third-order valence-corrected chi connectivity index (χ3v) is 5.06. The summed E-state index contributed by atoms with van der Waals surface area (Å²) < 4.78 is 7.49. The van der Waals surface area contributed by atoms with Gasteiger partial charge in [0.25, 0.3) is 0 Å². The molecule has 26 heavy (non-hydrogen) atoms. The normalized spacial score (nSPS) is 12.3. The summed E-state index contributed by atoms with van der Waals surface area (Å²) in [6.07, 6.45) is 8.92. The molecule has 0 N–H and O–H groups in total. The van der Waals surface area contributed by atoms with Gasteiger partial charge in [0.2, 0.25) is 11.7 Å². The number of anilines is 1. The molecule has 132 valence electrons. The van der Waals surface area contributed by atoms with E-state index in [4.69, 9.17) is 4.52 Å². The molecule has 0 saturated heterocycles. The zero-order chi connectivity index (χ0) is 18.1. The molecule has 4 aromatic heterocycles. The van der Waals surface area contributed by atoms with Crippen LogP contribution >= 0.6 is 11.3 Å². The fourth-order valence-corrected chi connectivity index (χ4v) is 3.37. The average molecular weight is 367 g/mol. The highest BCUT2D eigenvalue weighted by Gasteiger charge is 2.21. The summed E-state index contributed by atoms with van der Waals surface area (Å²) in [6, 6.07) is 3.58. The van der Waals surface area contributed by atoms with Crippen LogP contribution in [0.3, 0.4) is 0 Å². The summed E-state index contributed by atoms with van der Waals surface area (Å²) in [5.74, 6) is 1.86. The van der Waals surface area contributed by atoms with Gasteiger partial charge in [-0.15, -0.1) is 0 Å². The second-order valence-corrected chi connectivity index (χ2v) is 6.94. The summed E-state index contributed by atoms with van der Waals surface area (Å²) in [6.45, 7) is 2.00. The molecular weight excluding hydrogens is 350 g/mol. The first-order valence-corrected chi connectivity index (χ1v) is 8.85. The molecular formula is C17H17N7OS. The molecule has 0 unspecified atom stereocenters. The number of imidazole rings is 1. The second kappa shape index (κ2) is 6.68. The van der Waals surface area contributed by atoms with Crippen molar-refractivity contribution in [1.29, 1.82) is 0 Å². The highest BCUT2D eigenvalue weighted by atomic mass is 32.1. The Kier molecular flexibility index (Phi) is 4.21. The van der Waals surface area contributed by atoms with Crippen LogP contribution in [0.4, 0.5) is 5.13 Å². The van der Waals surface area contributed by atoms with Gasteiger partial charge in [0.1, 0.15) is 6.04 Å². The zero-order valence-electron chi connectivity index (χ0n) is 14.6. The smallest absolute Gasteiger partial charge is 0.249 e. The lowest BCUT2D eigenvalue weighted by atomic mass is 10.2. The first kappa shape index (κ1) is 16.4. The van der Waals surface area contributed by atoms with E-state index >= 15 is 0 Å². The monoisotopic (exact) mass is 367 g/mol. The van der Waals surface area contributed by atoms with E-state index in [1.807, 2.05) is 55.0 Å². The molecule has 0 aliphatic heterocycles. The van der Waals surface area contributed by atoms with Crippen LogP contribution < -0.4 is 4.90 Å². The highest BCUT2D eigenvalue weighted by molar-refractivity contribution is 7.18. The Bertz CT molecular complexity index is 1000. The van der Waals surface area contributed by atoms with Gasteiger partial charge >= 0.3 is 0 Å². The third-order valence-electron chi connectivity index (χ3n) is 3.90. The first-order chi connectivity index (χ1) is 12.6. The SMILES string of the molecule is C[C@H](c1nc(-c2cccnc2)no1)n1ccnc1-c1cnc(N(C)C)s1. The van der Waals surface area contributed by atoms with Crippen molar-refractivity contribution in [2.45, 2.75) is 13.0 Å². The summed E-state index contributed by atoms with van der Waals surface area (Å²) in [4.78, 5) is 20.5. The molecule has 1 atom stereocenters. The second-order valence-electron chi connectivity index (χ2n) is 5.93. The number of pyridine rings is 1. The molecule has 4 aromatic rings. The largest absolute Gasteiger partial charge is 0.354 e. The van der Waals surface area contributed by atoms with Crippen LogP contribution in [-0.4, -0.2) is 43.8 Å². The van der Waals surface area contributed by atoms with E-state index in [-0.39, 0.29) is 6.04 Å². The van der Waals surface area contributed by atoms with Gasteiger partial charge in [-0.05, 0) is 19.1 Å². The Labute approximate surface area is 154 Å². The van der Waals surface area contributed by atoms with Gasteiger partial charge in [-0.3, -0.25) is 4.98 Å². The van der Waals surface area contributed by atoms with Crippen LogP contribution in [0.5, 0.6) is 0 Å². The number of rotatable bonds is 5. The molecule has 0 aliphatic rings. The molecule has 8 nitrogen and oxygen atoms in total. The maximum absolute atomic E-state index is 5.48. The Balaban J connectivity index is 1.64. The van der Waals surface area contributed by atoms with Crippen LogP contribution in [0.2, 0.25) is 0 Å². The van der Waals surface area contributed by atoms with Crippen molar-refractivity contribution in [3.05, 3.63) is 49.0 Å². The molecule has 0 bridgehead atoms. The first-order valence-electron chi connectivity index (χ1n) is 8.04. The Morgan fingerprint density at radius 3 is 2.81 bits per heavy atom. The fourth-order valence-electron chi connectivity index (χ4n) is 2.53. The van der Waals surface area contributed by atoms with E-state index in [0.29, 0.717) is 11.7 Å². The van der Waals surface area contributed by atoms with Crippen molar-refractivity contribution in [2.24, 2.45) is 0 Å². The van der Waals surface area contributed by atoms with Gasteiger partial charge in [0, 0.05) is 44.4 Å². The van der Waals surface area contributed by atoms with Crippen molar-refractivity contribution in [2.75, 3.05) is 19.0 Å². The van der Waals surface area contributed by atoms with Crippen molar-refractivity contribution >= 4 is 16.5 Å². The van der Waals surface area contributed by atoms with Crippen LogP contribution in [0.25, 0.3) is 22.1 Å². The van der Waals surface area contributed by atoms with Crippen molar-refractivity contribution in [1.82, 2.24) is 29.7 Å². The summed E-state index contributed by atoms with van der Waals surface area (Å²) in [7, 11) is 3.94. The summed E-state index contributed by atoms with van der Waals surface area (Å²) in [5, 5.41) is 5.00. The Morgan fingerprint density at radius 1 is 1.19 bits per heavy atom. The zero-order valence-corrected chi connectivity index (χ0v) is 15.4. The minimum absolute atomic E-state index is 0.157. The van der Waals surface area contributed by atoms with Crippen LogP contribution in [0, 0.1) is 0 Å². The lowest BCUT2D eigenvalue weighted by Crippen LogP contribution is -2.08. The van der Waals surface area contributed by atoms with E-state index in [0.717, 1.165) is 21.4 Å². The molecule has 0 aromatic carbocycles. The quantitative estimate of drug-likeness (QED) is 0.535. The molecule has 0 spiro atoms. The number of aromatic nitrogens is 6. The maximum atomic E-state index is 5.48. The van der Waals surface area contributed by atoms with Gasteiger partial charge in [-0.1, -0.05) is 16.5 Å². The van der Waals surface area contributed by atoms with Gasteiger partial charge in [0.15, 0.2) is 11.0 Å². The lowest BCUT2D eigenvalue weighted by Gasteiger charge is -2.11. The third kappa shape index (κ3) is 2.97. The average Bonchev–Trinajstić information content (AvgIpc) is 3.41. The van der Waals surface area contributed by atoms with E-state index < -0.39 is 0 Å². The molecule has 0 saturated carbocycles. The highest BCUT2D eigenvalue weighted by Crippen LogP contribution is 2.32. The molecule has 0 aliphatic carbocycles. The lowest BCUT2D eigenvalue weighted by molar-refractivity contribution is 0.346. The van der Waals surface area contributed by atoms with Gasteiger partial charge in [0.05, 0.1) is 11.1 Å². The standard InChI is InChI=1S/C17H17N7OS/c1-11(16-21-14(22-25-16)12-5-4-6-18-9-12)24-8-7-19-15(24)13-10-20-17(26-13)23(2)3/h4-11H,1-3H3/t11-/m1/s1. The van der Waals surface area contributed by atoms with Crippen molar-refractivity contribution in [3.63, 3.8) is 0 Å². The van der Waals surface area contributed by atoms with Gasteiger partial charge < -0.3 is 14.0 Å². The fraction of sp³-hybridized carbons (Fsp3) is 0.235. The number of hydrogen-bond acceptors (Lipinski definition) is 8. The maximum Gasteiger partial charge on any atom is 0.249 e. The molecule has 9 heteroatoms. The van der Waals surface area contributed by atoms with E-state index in [9.17, 15) is 0 Å². The minimum Gasteiger partial charge on any atom is -0.354 e. The van der Waals surface area contributed by atoms with E-state index in [2.05, 4.69) is 25.1 Å². The van der Waals surface area contributed by atoms with Crippen LogP contribution in [0.1, 0.15) is 18.9 Å². The number of hydrogen-bond donors (Lipinski definition) is 0. The minimum atomic E-state index is -0.157. The summed E-state index contributed by atoms with van der Waals surface area (Å²) >= 11 is 1.58. The summed E-state index contributed by atoms with van der Waals surface area (Å²) in [5.41, 5.74) is 0.818. The van der Waals surface area contributed by atoms with Gasteiger partial charge in [-0.2, -0.15) is 4.98 Å². The molecule has 4 heterocycles. The Morgan fingerprint density at radius 2 is 2.08 bits per heavy atom. The molecule has 4 rings (SSSR count). The Hall–Kier alpha value is -3.07. The number of nitrogens with zero attached hydrogens (tertiary/aromatic N) is 7. The topological polar surface area (TPSA) is 85.8 Å². The van der Waals surface area contributed by atoms with Crippen molar-refractivity contribution < 1.29 is 4.52 Å². The van der Waals surface area contributed by atoms with Crippen LogP contribution in [0.15, 0.2) is 47.6 Å².